The SMILES string of the molecule is C=CC(=O)N1[C@H](C)Cn2nc(-c3nc(-c4ccc5c(c4)ncn5C)c4scc(F)c4c3-c3c(F)cccc3OCCOC)cc2[C@@H]1C. The highest BCUT2D eigenvalue weighted by atomic mass is 32.1. The van der Waals surface area contributed by atoms with E-state index in [9.17, 15) is 4.79 Å². The molecule has 2 atom stereocenters. The maximum Gasteiger partial charge on any atom is 0.246 e. The smallest absolute Gasteiger partial charge is 0.246 e. The minimum atomic E-state index is -0.591. The van der Waals surface area contributed by atoms with Gasteiger partial charge in [-0.05, 0) is 50.3 Å². The Hall–Kier alpha value is -4.94. The number of carbonyl (C=O) groups excluding carboxylic acids is 1. The van der Waals surface area contributed by atoms with Crippen LogP contribution in [-0.2, 0) is 23.1 Å². The third-order valence-electron chi connectivity index (χ3n) is 8.68. The van der Waals surface area contributed by atoms with Gasteiger partial charge in [-0.3, -0.25) is 9.48 Å². The Morgan fingerprint density at radius 3 is 2.72 bits per heavy atom. The number of ether oxygens (including phenoxy) is 2. The average Bonchev–Trinajstić information content (AvgIpc) is 3.77. The van der Waals surface area contributed by atoms with E-state index in [0.29, 0.717) is 22.6 Å². The fourth-order valence-corrected chi connectivity index (χ4v) is 7.43. The third-order valence-corrected chi connectivity index (χ3v) is 9.64. The Morgan fingerprint density at radius 1 is 1.11 bits per heavy atom. The lowest BCUT2D eigenvalue weighted by atomic mass is 9.94. The Morgan fingerprint density at radius 2 is 1.94 bits per heavy atom. The summed E-state index contributed by atoms with van der Waals surface area (Å²) in [5, 5.41) is 6.57. The molecule has 0 radical (unpaired) electrons. The standard InChI is InChI=1S/C35H32F2N6O3S/c1-6-29(44)43-19(2)16-42-27(20(43)3)15-25(40-42)34-32(30-22(36)8-7-9-28(30)46-13-12-45-5)31-23(37)17-47-35(31)33(39-34)21-10-11-26-24(14-21)38-18-41(26)4/h6-11,14-15,17-20H,1,12-13,16H2,2-5H3/t19-,20+/m1/s1. The number of carbonyl (C=O) groups is 1. The normalized spacial score (nSPS) is 16.2. The molecule has 7 rings (SSSR count). The van der Waals surface area contributed by atoms with E-state index in [-0.39, 0.29) is 59.2 Å². The predicted octanol–water partition coefficient (Wildman–Crippen LogP) is 7.16. The van der Waals surface area contributed by atoms with Crippen molar-refractivity contribution in [2.24, 2.45) is 7.05 Å². The maximum absolute atomic E-state index is 16.1. The number of aromatic nitrogens is 5. The molecule has 2 aromatic carbocycles. The zero-order chi connectivity index (χ0) is 33.0. The molecule has 12 heteroatoms. The van der Waals surface area contributed by atoms with Gasteiger partial charge >= 0.3 is 0 Å². The number of hydrogen-bond acceptors (Lipinski definition) is 7. The van der Waals surface area contributed by atoms with Gasteiger partial charge in [-0.1, -0.05) is 18.7 Å². The first-order chi connectivity index (χ1) is 22.7. The number of hydrogen-bond donors (Lipinski definition) is 0. The molecule has 0 fully saturated rings. The lowest BCUT2D eigenvalue weighted by Crippen LogP contribution is -2.46. The lowest BCUT2D eigenvalue weighted by Gasteiger charge is -2.38. The second kappa shape index (κ2) is 12.0. The summed E-state index contributed by atoms with van der Waals surface area (Å²) in [6.07, 6.45) is 3.04. The van der Waals surface area contributed by atoms with Crippen LogP contribution < -0.4 is 4.74 Å². The van der Waals surface area contributed by atoms with Gasteiger partial charge in [0.15, 0.2) is 0 Å². The second-order valence-corrected chi connectivity index (χ2v) is 12.5. The number of imidazole rings is 1. The maximum atomic E-state index is 16.1. The van der Waals surface area contributed by atoms with Gasteiger partial charge in [0.1, 0.15) is 35.4 Å². The number of thiophene rings is 1. The third kappa shape index (κ3) is 5.08. The quantitative estimate of drug-likeness (QED) is 0.128. The van der Waals surface area contributed by atoms with Crippen molar-refractivity contribution in [3.8, 4) is 39.5 Å². The van der Waals surface area contributed by atoms with E-state index in [0.717, 1.165) is 22.3 Å². The molecule has 5 heterocycles. The van der Waals surface area contributed by atoms with Crippen LogP contribution in [0.25, 0.3) is 54.9 Å². The Kier molecular flexibility index (Phi) is 7.85. The summed E-state index contributed by atoms with van der Waals surface area (Å²) in [5.41, 5.74) is 4.75. The molecule has 0 saturated carbocycles. The fourth-order valence-electron chi connectivity index (χ4n) is 6.50. The van der Waals surface area contributed by atoms with Crippen LogP contribution in [0, 0.1) is 11.6 Å². The monoisotopic (exact) mass is 654 g/mol. The van der Waals surface area contributed by atoms with Gasteiger partial charge < -0.3 is 18.9 Å². The van der Waals surface area contributed by atoms with Crippen LogP contribution in [0.5, 0.6) is 5.75 Å². The highest BCUT2D eigenvalue weighted by molar-refractivity contribution is 7.17. The number of halogens is 2. The highest BCUT2D eigenvalue weighted by Crippen LogP contribution is 2.48. The van der Waals surface area contributed by atoms with Crippen molar-refractivity contribution in [3.05, 3.63) is 84.2 Å². The summed E-state index contributed by atoms with van der Waals surface area (Å²) < 4.78 is 47.7. The van der Waals surface area contributed by atoms with E-state index >= 15 is 8.78 Å². The first-order valence-electron chi connectivity index (χ1n) is 15.2. The molecule has 9 nitrogen and oxygen atoms in total. The molecule has 0 bridgehead atoms. The first kappa shape index (κ1) is 30.7. The van der Waals surface area contributed by atoms with Crippen LogP contribution in [0.3, 0.4) is 0 Å². The Labute approximate surface area is 273 Å². The molecule has 1 amide bonds. The molecule has 6 aromatic rings. The highest BCUT2D eigenvalue weighted by Gasteiger charge is 2.35. The van der Waals surface area contributed by atoms with E-state index < -0.39 is 11.6 Å². The number of amides is 1. The second-order valence-electron chi connectivity index (χ2n) is 11.6. The molecule has 0 spiro atoms. The summed E-state index contributed by atoms with van der Waals surface area (Å²) in [5.74, 6) is -1.06. The first-order valence-corrected chi connectivity index (χ1v) is 16.0. The minimum absolute atomic E-state index is 0.0796. The largest absolute Gasteiger partial charge is 0.490 e. The van der Waals surface area contributed by atoms with Gasteiger partial charge in [0.05, 0.1) is 58.2 Å². The van der Waals surface area contributed by atoms with Crippen molar-refractivity contribution >= 4 is 38.4 Å². The number of pyridine rings is 1. The van der Waals surface area contributed by atoms with Gasteiger partial charge in [0, 0.05) is 42.1 Å². The molecule has 0 saturated heterocycles. The van der Waals surface area contributed by atoms with Crippen molar-refractivity contribution in [3.63, 3.8) is 0 Å². The van der Waals surface area contributed by atoms with E-state index in [1.807, 2.05) is 54.4 Å². The van der Waals surface area contributed by atoms with Crippen LogP contribution in [0.4, 0.5) is 8.78 Å². The zero-order valence-electron chi connectivity index (χ0n) is 26.3. The fraction of sp³-hybridized carbons (Fsp3) is 0.257. The molecule has 0 aliphatic carbocycles. The van der Waals surface area contributed by atoms with Crippen LogP contribution in [0.2, 0.25) is 0 Å². The summed E-state index contributed by atoms with van der Waals surface area (Å²) >= 11 is 1.20. The summed E-state index contributed by atoms with van der Waals surface area (Å²) in [7, 11) is 3.47. The van der Waals surface area contributed by atoms with E-state index in [1.165, 1.54) is 28.9 Å². The molecule has 1 aliphatic heterocycles. The van der Waals surface area contributed by atoms with Crippen LogP contribution in [0.15, 0.2) is 66.8 Å². The molecule has 47 heavy (non-hydrogen) atoms. The van der Waals surface area contributed by atoms with E-state index in [1.54, 1.807) is 30.5 Å². The predicted molar refractivity (Wildman–Crippen MR) is 178 cm³/mol. The van der Waals surface area contributed by atoms with Gasteiger partial charge in [-0.15, -0.1) is 11.3 Å². The summed E-state index contributed by atoms with van der Waals surface area (Å²) in [4.78, 5) is 24.2. The number of benzene rings is 2. The number of fused-ring (bicyclic) bond motifs is 3. The molecule has 240 valence electrons. The van der Waals surface area contributed by atoms with E-state index in [4.69, 9.17) is 19.6 Å². The molecular weight excluding hydrogens is 622 g/mol. The van der Waals surface area contributed by atoms with Crippen molar-refractivity contribution in [2.75, 3.05) is 20.3 Å². The van der Waals surface area contributed by atoms with Crippen molar-refractivity contribution in [1.29, 1.82) is 0 Å². The van der Waals surface area contributed by atoms with Gasteiger partial charge in [0.25, 0.3) is 0 Å². The van der Waals surface area contributed by atoms with Crippen LogP contribution in [0.1, 0.15) is 25.6 Å². The molecular formula is C35H32F2N6O3S. The summed E-state index contributed by atoms with van der Waals surface area (Å²) in [6.45, 7) is 8.42. The average molecular weight is 655 g/mol. The number of nitrogens with zero attached hydrogens (tertiary/aromatic N) is 6. The number of rotatable bonds is 8. The Bertz CT molecular complexity index is 2190. The Balaban J connectivity index is 1.52. The van der Waals surface area contributed by atoms with Gasteiger partial charge in [-0.25, -0.2) is 18.7 Å². The molecule has 0 N–H and O–H groups in total. The van der Waals surface area contributed by atoms with Crippen LogP contribution >= 0.6 is 11.3 Å². The molecule has 0 unspecified atom stereocenters. The van der Waals surface area contributed by atoms with Crippen LogP contribution in [-0.4, -0.2) is 61.5 Å². The number of aryl methyl sites for hydroxylation is 1. The van der Waals surface area contributed by atoms with E-state index in [2.05, 4.69) is 11.6 Å². The van der Waals surface area contributed by atoms with Crippen molar-refractivity contribution in [1.82, 2.24) is 29.2 Å². The molecule has 4 aromatic heterocycles. The van der Waals surface area contributed by atoms with Crippen molar-refractivity contribution in [2.45, 2.75) is 32.5 Å². The zero-order valence-corrected chi connectivity index (χ0v) is 27.1. The number of methoxy groups -OCH3 is 1. The van der Waals surface area contributed by atoms with Crippen molar-refractivity contribution < 1.29 is 23.0 Å². The lowest BCUT2D eigenvalue weighted by molar-refractivity contribution is -0.131. The summed E-state index contributed by atoms with van der Waals surface area (Å²) in [6, 6.07) is 11.7. The topological polar surface area (TPSA) is 87.3 Å². The minimum Gasteiger partial charge on any atom is -0.490 e. The molecule has 1 aliphatic rings. The van der Waals surface area contributed by atoms with Gasteiger partial charge in [-0.2, -0.15) is 5.10 Å². The van der Waals surface area contributed by atoms with Gasteiger partial charge in [0.2, 0.25) is 5.91 Å².